The van der Waals surface area contributed by atoms with Gasteiger partial charge in [0.25, 0.3) is 0 Å². The van der Waals surface area contributed by atoms with Crippen LogP contribution in [0.5, 0.6) is 5.75 Å². The van der Waals surface area contributed by atoms with E-state index in [1.807, 2.05) is 12.3 Å². The SMILES string of the molecule is C=C1CC2=C(c3cccc(OC)c3)n3c(-c4ccccc4)cnc3CC2C1. The molecular formula is C24H22N2O. The number of aromatic nitrogens is 2. The summed E-state index contributed by atoms with van der Waals surface area (Å²) in [7, 11) is 1.72. The molecule has 134 valence electrons. The molecule has 1 aromatic heterocycles. The van der Waals surface area contributed by atoms with Crippen molar-refractivity contribution < 1.29 is 4.74 Å². The topological polar surface area (TPSA) is 27.1 Å². The third-order valence-corrected chi connectivity index (χ3v) is 5.67. The normalized spacial score (nSPS) is 18.4. The molecule has 1 saturated carbocycles. The van der Waals surface area contributed by atoms with E-state index in [1.54, 1.807) is 7.11 Å². The molecule has 0 spiro atoms. The van der Waals surface area contributed by atoms with Crippen LogP contribution >= 0.6 is 0 Å². The van der Waals surface area contributed by atoms with Gasteiger partial charge in [0.05, 0.1) is 24.7 Å². The molecule has 1 unspecified atom stereocenters. The molecule has 1 atom stereocenters. The van der Waals surface area contributed by atoms with Crippen molar-refractivity contribution in [3.05, 3.63) is 89.9 Å². The molecule has 3 heteroatoms. The summed E-state index contributed by atoms with van der Waals surface area (Å²) in [6, 6.07) is 18.9. The smallest absolute Gasteiger partial charge is 0.119 e. The third-order valence-electron chi connectivity index (χ3n) is 5.67. The maximum Gasteiger partial charge on any atom is 0.119 e. The van der Waals surface area contributed by atoms with Crippen molar-refractivity contribution in [2.45, 2.75) is 19.3 Å². The van der Waals surface area contributed by atoms with Gasteiger partial charge in [-0.05, 0) is 36.5 Å². The van der Waals surface area contributed by atoms with E-state index in [1.165, 1.54) is 28.0 Å². The zero-order chi connectivity index (χ0) is 18.4. The average molecular weight is 354 g/mol. The third kappa shape index (κ3) is 2.62. The van der Waals surface area contributed by atoms with Crippen molar-refractivity contribution in [2.75, 3.05) is 7.11 Å². The first-order valence-corrected chi connectivity index (χ1v) is 9.41. The molecule has 1 aliphatic heterocycles. The van der Waals surface area contributed by atoms with Gasteiger partial charge in [-0.1, -0.05) is 54.6 Å². The van der Waals surface area contributed by atoms with E-state index in [4.69, 9.17) is 9.72 Å². The van der Waals surface area contributed by atoms with Gasteiger partial charge < -0.3 is 4.74 Å². The van der Waals surface area contributed by atoms with E-state index >= 15 is 0 Å². The number of nitrogens with zero attached hydrogens (tertiary/aromatic N) is 2. The van der Waals surface area contributed by atoms with Gasteiger partial charge in [0.1, 0.15) is 11.6 Å². The predicted molar refractivity (Wildman–Crippen MR) is 109 cm³/mol. The fourth-order valence-corrected chi connectivity index (χ4v) is 4.48. The Morgan fingerprint density at radius 1 is 1.04 bits per heavy atom. The Kier molecular flexibility index (Phi) is 3.75. The maximum absolute atomic E-state index is 5.50. The molecule has 1 fully saturated rings. The highest BCUT2D eigenvalue weighted by molar-refractivity contribution is 5.78. The molecular weight excluding hydrogens is 332 g/mol. The van der Waals surface area contributed by atoms with Crippen LogP contribution in [0.1, 0.15) is 24.2 Å². The Hall–Kier alpha value is -3.07. The molecule has 0 N–H and O–H groups in total. The number of ether oxygens (including phenoxy) is 1. The minimum absolute atomic E-state index is 0.511. The maximum atomic E-state index is 5.50. The van der Waals surface area contributed by atoms with Crippen LogP contribution in [-0.4, -0.2) is 16.7 Å². The van der Waals surface area contributed by atoms with E-state index in [-0.39, 0.29) is 0 Å². The van der Waals surface area contributed by atoms with Gasteiger partial charge in [0, 0.05) is 17.5 Å². The quantitative estimate of drug-likeness (QED) is 0.594. The summed E-state index contributed by atoms with van der Waals surface area (Å²) in [5, 5.41) is 0. The second kappa shape index (κ2) is 6.27. The number of benzene rings is 2. The monoisotopic (exact) mass is 354 g/mol. The van der Waals surface area contributed by atoms with Crippen molar-refractivity contribution in [3.63, 3.8) is 0 Å². The molecule has 0 amide bonds. The number of hydrogen-bond donors (Lipinski definition) is 0. The van der Waals surface area contributed by atoms with Crippen molar-refractivity contribution >= 4 is 5.70 Å². The minimum atomic E-state index is 0.511. The van der Waals surface area contributed by atoms with E-state index in [9.17, 15) is 0 Å². The molecule has 3 nitrogen and oxygen atoms in total. The first-order valence-electron chi connectivity index (χ1n) is 9.41. The number of rotatable bonds is 3. The predicted octanol–water partition coefficient (Wildman–Crippen LogP) is 5.34. The molecule has 2 heterocycles. The lowest BCUT2D eigenvalue weighted by atomic mass is 9.90. The van der Waals surface area contributed by atoms with Crippen LogP contribution in [0.2, 0.25) is 0 Å². The van der Waals surface area contributed by atoms with Gasteiger partial charge in [-0.25, -0.2) is 4.98 Å². The second-order valence-electron chi connectivity index (χ2n) is 7.40. The average Bonchev–Trinajstić information content (AvgIpc) is 3.29. The highest BCUT2D eigenvalue weighted by Crippen LogP contribution is 2.46. The molecule has 0 saturated heterocycles. The first kappa shape index (κ1) is 16.1. The Bertz CT molecular complexity index is 1060. The highest BCUT2D eigenvalue weighted by atomic mass is 16.5. The van der Waals surface area contributed by atoms with E-state index in [2.05, 4.69) is 59.7 Å². The molecule has 1 aliphatic carbocycles. The lowest BCUT2D eigenvalue weighted by Crippen LogP contribution is -2.19. The molecule has 3 aromatic rings. The van der Waals surface area contributed by atoms with Gasteiger partial charge >= 0.3 is 0 Å². The van der Waals surface area contributed by atoms with Crippen LogP contribution in [0.25, 0.3) is 17.0 Å². The second-order valence-corrected chi connectivity index (χ2v) is 7.40. The molecule has 2 aromatic carbocycles. The van der Waals surface area contributed by atoms with Crippen molar-refractivity contribution in [2.24, 2.45) is 5.92 Å². The molecule has 27 heavy (non-hydrogen) atoms. The molecule has 5 rings (SSSR count). The summed E-state index contributed by atoms with van der Waals surface area (Å²) < 4.78 is 7.85. The van der Waals surface area contributed by atoms with Gasteiger partial charge in [-0.2, -0.15) is 0 Å². The summed E-state index contributed by atoms with van der Waals surface area (Å²) in [6.07, 6.45) is 5.04. The van der Waals surface area contributed by atoms with Crippen LogP contribution in [0.3, 0.4) is 0 Å². The van der Waals surface area contributed by atoms with Crippen LogP contribution < -0.4 is 4.74 Å². The van der Waals surface area contributed by atoms with Gasteiger partial charge in [0.2, 0.25) is 0 Å². The molecule has 0 radical (unpaired) electrons. The van der Waals surface area contributed by atoms with Gasteiger partial charge in [0.15, 0.2) is 0 Å². The van der Waals surface area contributed by atoms with Crippen LogP contribution in [0, 0.1) is 5.92 Å². The lowest BCUT2D eigenvalue weighted by Gasteiger charge is -2.27. The Morgan fingerprint density at radius 2 is 1.85 bits per heavy atom. The summed E-state index contributed by atoms with van der Waals surface area (Å²) in [5.74, 6) is 2.52. The largest absolute Gasteiger partial charge is 0.497 e. The zero-order valence-corrected chi connectivity index (χ0v) is 15.5. The number of hydrogen-bond acceptors (Lipinski definition) is 2. The summed E-state index contributed by atoms with van der Waals surface area (Å²) in [6.45, 7) is 4.28. The van der Waals surface area contributed by atoms with Crippen molar-refractivity contribution in [3.8, 4) is 17.0 Å². The Balaban J connectivity index is 1.77. The number of methoxy groups -OCH3 is 1. The molecule has 2 aliphatic rings. The van der Waals surface area contributed by atoms with E-state index in [0.29, 0.717) is 5.92 Å². The fraction of sp³-hybridized carbons (Fsp3) is 0.208. The van der Waals surface area contributed by atoms with E-state index < -0.39 is 0 Å². The van der Waals surface area contributed by atoms with E-state index in [0.717, 1.165) is 36.5 Å². The van der Waals surface area contributed by atoms with Crippen molar-refractivity contribution in [1.29, 1.82) is 0 Å². The number of allylic oxidation sites excluding steroid dienone is 2. The molecule has 0 bridgehead atoms. The Labute approximate surface area is 159 Å². The van der Waals surface area contributed by atoms with Gasteiger partial charge in [-0.15, -0.1) is 0 Å². The summed E-state index contributed by atoms with van der Waals surface area (Å²) in [5.41, 5.74) is 7.58. The van der Waals surface area contributed by atoms with Crippen LogP contribution in [-0.2, 0) is 6.42 Å². The zero-order valence-electron chi connectivity index (χ0n) is 15.5. The van der Waals surface area contributed by atoms with Crippen LogP contribution in [0.4, 0.5) is 0 Å². The number of fused-ring (bicyclic) bond motifs is 2. The summed E-state index contributed by atoms with van der Waals surface area (Å²) in [4.78, 5) is 4.80. The van der Waals surface area contributed by atoms with Crippen molar-refractivity contribution in [1.82, 2.24) is 9.55 Å². The fourth-order valence-electron chi connectivity index (χ4n) is 4.48. The summed E-state index contributed by atoms with van der Waals surface area (Å²) >= 11 is 0. The minimum Gasteiger partial charge on any atom is -0.497 e. The standard InChI is InChI=1S/C24H22N2O/c1-16-11-19-14-23-25-15-22(17-7-4-3-5-8-17)26(23)24(21(19)12-16)18-9-6-10-20(13-18)27-2/h3-10,13,15,19H,1,11-12,14H2,2H3. The van der Waals surface area contributed by atoms with Crippen LogP contribution in [0.15, 0.2) is 78.5 Å². The number of imidazole rings is 1. The highest BCUT2D eigenvalue weighted by Gasteiger charge is 2.35. The van der Waals surface area contributed by atoms with Gasteiger partial charge in [-0.3, -0.25) is 4.57 Å². The Morgan fingerprint density at radius 3 is 2.67 bits per heavy atom. The lowest BCUT2D eigenvalue weighted by molar-refractivity contribution is 0.414. The first-order chi connectivity index (χ1) is 13.2.